The second-order valence-corrected chi connectivity index (χ2v) is 2.97. The van der Waals surface area contributed by atoms with Gasteiger partial charge in [-0.3, -0.25) is 4.99 Å². The first-order valence-corrected chi connectivity index (χ1v) is 3.86. The number of rotatable bonds is 0. The molecular formula is C7H5F3N2S. The zero-order valence-electron chi connectivity index (χ0n) is 6.28. The minimum Gasteiger partial charge on any atom is -0.278 e. The predicted octanol–water partition coefficient (Wildman–Crippen LogP) is 1.96. The average molecular weight is 206 g/mol. The van der Waals surface area contributed by atoms with Gasteiger partial charge in [0.1, 0.15) is 11.3 Å². The van der Waals surface area contributed by atoms with Crippen LogP contribution in [0.1, 0.15) is 0 Å². The number of alkyl halides is 3. The minimum absolute atomic E-state index is 0.806. The van der Waals surface area contributed by atoms with Crippen molar-refractivity contribution in [3.63, 3.8) is 0 Å². The van der Waals surface area contributed by atoms with Crippen LogP contribution in [0.5, 0.6) is 0 Å². The highest BCUT2D eigenvalue weighted by Gasteiger charge is 2.42. The summed E-state index contributed by atoms with van der Waals surface area (Å²) in [4.78, 5) is 3.59. The molecule has 0 radical (unpaired) electrons. The third-order valence-electron chi connectivity index (χ3n) is 1.59. The van der Waals surface area contributed by atoms with Gasteiger partial charge in [0.15, 0.2) is 0 Å². The Morgan fingerprint density at radius 3 is 2.54 bits per heavy atom. The van der Waals surface area contributed by atoms with E-state index in [2.05, 4.69) is 17.6 Å². The molecule has 0 aromatic carbocycles. The van der Waals surface area contributed by atoms with Crippen LogP contribution in [0, 0.1) is 17.2 Å². The normalized spacial score (nSPS) is 28.1. The highest BCUT2D eigenvalue weighted by Crippen LogP contribution is 2.35. The molecule has 0 bridgehead atoms. The first-order chi connectivity index (χ1) is 5.96. The van der Waals surface area contributed by atoms with Gasteiger partial charge in [-0.1, -0.05) is 0 Å². The number of halogens is 3. The summed E-state index contributed by atoms with van der Waals surface area (Å²) in [6.45, 7) is 0. The largest absolute Gasteiger partial charge is 0.414 e. The maximum atomic E-state index is 12.2. The van der Waals surface area contributed by atoms with Crippen molar-refractivity contribution in [3.8, 4) is 6.07 Å². The van der Waals surface area contributed by atoms with Crippen molar-refractivity contribution in [2.24, 2.45) is 10.9 Å². The van der Waals surface area contributed by atoms with E-state index in [1.54, 1.807) is 0 Å². The smallest absolute Gasteiger partial charge is 0.278 e. The van der Waals surface area contributed by atoms with E-state index in [9.17, 15) is 13.2 Å². The van der Waals surface area contributed by atoms with Crippen LogP contribution in [0.3, 0.4) is 0 Å². The quantitative estimate of drug-likeness (QED) is 0.604. The molecule has 1 heterocycles. The van der Waals surface area contributed by atoms with Gasteiger partial charge in [0.2, 0.25) is 0 Å². The monoisotopic (exact) mass is 206 g/mol. The Kier molecular flexibility index (Phi) is 2.66. The molecule has 0 spiro atoms. The highest BCUT2D eigenvalue weighted by molar-refractivity contribution is 7.81. The molecule has 2 unspecified atom stereocenters. The summed E-state index contributed by atoms with van der Waals surface area (Å²) in [5.41, 5.74) is -0.884. The van der Waals surface area contributed by atoms with Gasteiger partial charge in [-0.25, -0.2) is 0 Å². The van der Waals surface area contributed by atoms with E-state index in [4.69, 9.17) is 5.26 Å². The minimum atomic E-state index is -4.48. The highest BCUT2D eigenvalue weighted by atomic mass is 32.1. The summed E-state index contributed by atoms with van der Waals surface area (Å²) in [7, 11) is 0. The van der Waals surface area contributed by atoms with E-state index in [-0.39, 0.29) is 0 Å². The second-order valence-electron chi connectivity index (χ2n) is 2.44. The molecule has 0 aromatic rings. The Bertz CT molecular complexity index is 300. The molecule has 2 atom stereocenters. The Hall–Kier alpha value is -0.960. The summed E-state index contributed by atoms with van der Waals surface area (Å²) < 4.78 is 36.7. The van der Waals surface area contributed by atoms with E-state index >= 15 is 0 Å². The maximum absolute atomic E-state index is 12.2. The van der Waals surface area contributed by atoms with Crippen molar-refractivity contribution in [1.29, 1.82) is 5.26 Å². The van der Waals surface area contributed by atoms with Crippen LogP contribution in [0.25, 0.3) is 0 Å². The van der Waals surface area contributed by atoms with E-state index in [1.807, 2.05) is 0 Å². The lowest BCUT2D eigenvalue weighted by molar-refractivity contribution is -0.0969. The summed E-state index contributed by atoms with van der Waals surface area (Å²) in [5.74, 6) is -1.31. The van der Waals surface area contributed by atoms with Crippen LogP contribution in [-0.4, -0.2) is 17.8 Å². The van der Waals surface area contributed by atoms with Crippen LogP contribution in [0.2, 0.25) is 0 Å². The first-order valence-electron chi connectivity index (χ1n) is 3.35. The molecule has 0 N–H and O–H groups in total. The number of hydrogen-bond donors (Lipinski definition) is 1. The molecule has 0 aromatic heterocycles. The van der Waals surface area contributed by atoms with E-state index in [0.29, 0.717) is 0 Å². The molecule has 70 valence electrons. The van der Waals surface area contributed by atoms with Crippen molar-refractivity contribution < 1.29 is 13.2 Å². The molecule has 13 heavy (non-hydrogen) atoms. The van der Waals surface area contributed by atoms with Crippen molar-refractivity contribution in [2.75, 3.05) is 0 Å². The van der Waals surface area contributed by atoms with Gasteiger partial charge in [0.25, 0.3) is 0 Å². The lowest BCUT2D eigenvalue weighted by atomic mass is 9.98. The summed E-state index contributed by atoms with van der Waals surface area (Å²) in [6.07, 6.45) is -2.65. The fourth-order valence-electron chi connectivity index (χ4n) is 0.969. The Balaban J connectivity index is 3.02. The van der Waals surface area contributed by atoms with Crippen molar-refractivity contribution >= 4 is 18.8 Å². The number of allylic oxidation sites excluding steroid dienone is 1. The molecule has 1 aliphatic heterocycles. The van der Waals surface area contributed by atoms with Gasteiger partial charge in [0.05, 0.1) is 11.6 Å². The third-order valence-corrected chi connectivity index (χ3v) is 2.02. The lowest BCUT2D eigenvalue weighted by Gasteiger charge is -2.21. The summed E-state index contributed by atoms with van der Waals surface area (Å²) >= 11 is 3.77. The average Bonchev–Trinajstić information content (AvgIpc) is 2.02. The Morgan fingerprint density at radius 1 is 1.54 bits per heavy atom. The number of aliphatic imine (C=N–C) groups is 1. The van der Waals surface area contributed by atoms with Crippen LogP contribution in [0.15, 0.2) is 16.6 Å². The van der Waals surface area contributed by atoms with Gasteiger partial charge >= 0.3 is 6.18 Å². The topological polar surface area (TPSA) is 36.1 Å². The maximum Gasteiger partial charge on any atom is 0.414 e. The van der Waals surface area contributed by atoms with Gasteiger partial charge in [-0.05, 0) is 6.08 Å². The number of nitriles is 1. The Labute approximate surface area is 78.2 Å². The Morgan fingerprint density at radius 2 is 2.15 bits per heavy atom. The lowest BCUT2D eigenvalue weighted by Crippen LogP contribution is -2.27. The molecular weight excluding hydrogens is 201 g/mol. The van der Waals surface area contributed by atoms with Gasteiger partial charge in [0, 0.05) is 6.21 Å². The van der Waals surface area contributed by atoms with Crippen molar-refractivity contribution in [3.05, 3.63) is 11.6 Å². The number of nitrogens with zero attached hydrogens (tertiary/aromatic N) is 2. The van der Waals surface area contributed by atoms with Crippen LogP contribution in [0.4, 0.5) is 13.2 Å². The van der Waals surface area contributed by atoms with E-state index < -0.39 is 23.0 Å². The first kappa shape index (κ1) is 10.1. The zero-order chi connectivity index (χ0) is 10.1. The van der Waals surface area contributed by atoms with Crippen molar-refractivity contribution in [1.82, 2.24) is 0 Å². The van der Waals surface area contributed by atoms with E-state index in [0.717, 1.165) is 12.3 Å². The molecule has 0 fully saturated rings. The van der Waals surface area contributed by atoms with Crippen LogP contribution < -0.4 is 0 Å². The number of thiol groups is 1. The molecule has 6 heteroatoms. The fraction of sp³-hybridized carbons (Fsp3) is 0.429. The zero-order valence-corrected chi connectivity index (χ0v) is 7.18. The molecule has 0 saturated carbocycles. The second kappa shape index (κ2) is 3.42. The van der Waals surface area contributed by atoms with Crippen LogP contribution in [-0.2, 0) is 0 Å². The predicted molar refractivity (Wildman–Crippen MR) is 44.5 cm³/mol. The van der Waals surface area contributed by atoms with E-state index in [1.165, 1.54) is 6.07 Å². The summed E-state index contributed by atoms with van der Waals surface area (Å²) in [6, 6.07) is 1.53. The molecule has 0 aliphatic carbocycles. The van der Waals surface area contributed by atoms with Gasteiger partial charge in [-0.15, -0.1) is 0 Å². The van der Waals surface area contributed by atoms with Gasteiger partial charge < -0.3 is 0 Å². The molecule has 2 nitrogen and oxygen atoms in total. The number of hydrogen-bond acceptors (Lipinski definition) is 3. The SMILES string of the molecule is N#CC1C(C(F)(F)F)=CC=NC1S. The summed E-state index contributed by atoms with van der Waals surface area (Å²) in [5, 5.41) is 7.56. The number of dihydropyridines is 1. The fourth-order valence-corrected chi connectivity index (χ4v) is 1.27. The standard InChI is InChI=1S/C7H5F3N2S/c8-7(9,10)5-1-2-12-6(13)4(5)3-11/h1-2,4,6,13H. The third kappa shape index (κ3) is 2.04. The molecule has 0 saturated heterocycles. The molecule has 0 amide bonds. The molecule has 1 rings (SSSR count). The molecule has 1 aliphatic rings. The van der Waals surface area contributed by atoms with Crippen LogP contribution >= 0.6 is 12.6 Å². The van der Waals surface area contributed by atoms with Crippen molar-refractivity contribution in [2.45, 2.75) is 11.6 Å². The van der Waals surface area contributed by atoms with Gasteiger partial charge in [-0.2, -0.15) is 31.1 Å².